The van der Waals surface area contributed by atoms with Crippen LogP contribution in [-0.4, -0.2) is 42.9 Å². The molecule has 0 atom stereocenters. The molecular formula is C5H13NO2S. The molecule has 3 nitrogen and oxygen atoms in total. The average molecular weight is 151 g/mol. The lowest BCUT2D eigenvalue weighted by molar-refractivity contribution is -0.115. The number of carbonyl (C=O) groups is 1. The van der Waals surface area contributed by atoms with Crippen LogP contribution in [0.1, 0.15) is 0 Å². The van der Waals surface area contributed by atoms with E-state index in [0.29, 0.717) is 5.75 Å². The Morgan fingerprint density at radius 3 is 1.89 bits per heavy atom. The molecule has 0 aliphatic heterocycles. The van der Waals surface area contributed by atoms with Gasteiger partial charge in [-0.2, -0.15) is 12.6 Å². The lowest BCUT2D eigenvalue weighted by Gasteiger charge is -1.93. The van der Waals surface area contributed by atoms with Gasteiger partial charge in [-0.1, -0.05) is 0 Å². The molecule has 0 aromatic rings. The van der Waals surface area contributed by atoms with Crippen molar-refractivity contribution in [1.82, 2.24) is 4.90 Å². The van der Waals surface area contributed by atoms with E-state index in [1.165, 1.54) is 4.90 Å². The highest BCUT2D eigenvalue weighted by Crippen LogP contribution is 1.61. The third-order valence-corrected chi connectivity index (χ3v) is 0.511. The van der Waals surface area contributed by atoms with Crippen LogP contribution in [0, 0.1) is 0 Å². The van der Waals surface area contributed by atoms with Crippen molar-refractivity contribution in [3.8, 4) is 0 Å². The van der Waals surface area contributed by atoms with Crippen LogP contribution in [-0.2, 0) is 4.79 Å². The quantitative estimate of drug-likeness (QED) is 0.417. The third-order valence-electron chi connectivity index (χ3n) is 0.311. The topological polar surface area (TPSA) is 40.5 Å². The van der Waals surface area contributed by atoms with E-state index in [-0.39, 0.29) is 6.61 Å². The van der Waals surface area contributed by atoms with Crippen molar-refractivity contribution in [2.75, 3.05) is 26.5 Å². The fraction of sp³-hybridized carbons (Fsp3) is 0.800. The van der Waals surface area contributed by atoms with Gasteiger partial charge < -0.3 is 10.0 Å². The second-order valence-corrected chi connectivity index (χ2v) is 1.96. The molecular weight excluding hydrogens is 138 g/mol. The number of nitrogens with zero attached hydrogens (tertiary/aromatic N) is 1. The summed E-state index contributed by atoms with van der Waals surface area (Å²) < 4.78 is 0. The van der Waals surface area contributed by atoms with Crippen LogP contribution in [0.15, 0.2) is 0 Å². The van der Waals surface area contributed by atoms with Gasteiger partial charge in [0.1, 0.15) is 0 Å². The van der Waals surface area contributed by atoms with Gasteiger partial charge in [0.25, 0.3) is 0 Å². The van der Waals surface area contributed by atoms with Crippen molar-refractivity contribution in [2.24, 2.45) is 0 Å². The summed E-state index contributed by atoms with van der Waals surface area (Å²) in [6, 6.07) is 0. The van der Waals surface area contributed by atoms with Crippen molar-refractivity contribution in [3.05, 3.63) is 0 Å². The molecule has 1 N–H and O–H groups in total. The van der Waals surface area contributed by atoms with E-state index in [1.54, 1.807) is 14.1 Å². The number of rotatable bonds is 2. The van der Waals surface area contributed by atoms with Crippen LogP contribution in [0.4, 0.5) is 0 Å². The molecule has 1 amide bonds. The number of thiol groups is 1. The fourth-order valence-electron chi connectivity index (χ4n) is 0. The van der Waals surface area contributed by atoms with Crippen LogP contribution < -0.4 is 0 Å². The second-order valence-electron chi connectivity index (χ2n) is 1.52. The van der Waals surface area contributed by atoms with E-state index in [0.717, 1.165) is 6.41 Å². The van der Waals surface area contributed by atoms with Crippen molar-refractivity contribution < 1.29 is 9.90 Å². The Morgan fingerprint density at radius 2 is 1.89 bits per heavy atom. The lowest BCUT2D eigenvalue weighted by atomic mass is 10.9. The molecule has 0 bridgehead atoms. The molecule has 0 fully saturated rings. The highest BCUT2D eigenvalue weighted by atomic mass is 32.1. The fourth-order valence-corrected chi connectivity index (χ4v) is 0. The third kappa shape index (κ3) is 33.6. The first-order valence-electron chi connectivity index (χ1n) is 2.52. The van der Waals surface area contributed by atoms with Gasteiger partial charge in [-0.25, -0.2) is 0 Å². The van der Waals surface area contributed by atoms with Gasteiger partial charge in [0, 0.05) is 19.8 Å². The van der Waals surface area contributed by atoms with Gasteiger partial charge in [0.05, 0.1) is 6.61 Å². The molecule has 0 radical (unpaired) electrons. The van der Waals surface area contributed by atoms with Crippen LogP contribution in [0.2, 0.25) is 0 Å². The summed E-state index contributed by atoms with van der Waals surface area (Å²) in [5, 5.41) is 7.80. The smallest absolute Gasteiger partial charge is 0.209 e. The van der Waals surface area contributed by atoms with Crippen LogP contribution in [0.3, 0.4) is 0 Å². The number of aliphatic hydroxyl groups excluding tert-OH is 1. The van der Waals surface area contributed by atoms with Gasteiger partial charge in [0.15, 0.2) is 0 Å². The number of carbonyl (C=O) groups excluding carboxylic acids is 1. The molecule has 0 rings (SSSR count). The minimum absolute atomic E-state index is 0.184. The Kier molecular flexibility index (Phi) is 13.8. The molecule has 0 saturated heterocycles. The number of hydrogen-bond acceptors (Lipinski definition) is 3. The van der Waals surface area contributed by atoms with Gasteiger partial charge in [0.2, 0.25) is 6.41 Å². The molecule has 0 aromatic carbocycles. The molecule has 0 saturated carbocycles. The summed E-state index contributed by atoms with van der Waals surface area (Å²) in [6.45, 7) is 0.184. The summed E-state index contributed by atoms with van der Waals surface area (Å²) in [7, 11) is 3.38. The van der Waals surface area contributed by atoms with Gasteiger partial charge in [-0.3, -0.25) is 4.79 Å². The maximum Gasteiger partial charge on any atom is 0.209 e. The van der Waals surface area contributed by atoms with Crippen molar-refractivity contribution in [2.45, 2.75) is 0 Å². The molecule has 0 aliphatic rings. The van der Waals surface area contributed by atoms with Crippen LogP contribution >= 0.6 is 12.6 Å². The SMILES string of the molecule is CN(C)C=O.OCCS. The van der Waals surface area contributed by atoms with E-state index < -0.39 is 0 Å². The first-order chi connectivity index (χ1) is 4.18. The minimum atomic E-state index is 0.184. The lowest BCUT2D eigenvalue weighted by Crippen LogP contribution is -2.06. The number of hydrogen-bond donors (Lipinski definition) is 2. The van der Waals surface area contributed by atoms with Crippen molar-refractivity contribution in [3.63, 3.8) is 0 Å². The van der Waals surface area contributed by atoms with Crippen molar-refractivity contribution in [1.29, 1.82) is 0 Å². The van der Waals surface area contributed by atoms with Crippen molar-refractivity contribution >= 4 is 19.0 Å². The zero-order valence-electron chi connectivity index (χ0n) is 5.74. The Hall–Kier alpha value is -0.220. The zero-order chi connectivity index (χ0) is 7.70. The standard InChI is InChI=1S/C3H7NO.C2H6OS/c1-4(2)3-5;3-1-2-4/h3H,1-2H3;3-4H,1-2H2. The molecule has 56 valence electrons. The molecule has 0 spiro atoms. The van der Waals surface area contributed by atoms with E-state index in [9.17, 15) is 4.79 Å². The average Bonchev–Trinajstić information content (AvgIpc) is 1.89. The number of aliphatic hydroxyl groups is 1. The van der Waals surface area contributed by atoms with Crippen LogP contribution in [0.25, 0.3) is 0 Å². The molecule has 4 heteroatoms. The summed E-state index contributed by atoms with van der Waals surface area (Å²) in [5.41, 5.74) is 0. The largest absolute Gasteiger partial charge is 0.396 e. The first kappa shape index (κ1) is 11.6. The molecule has 0 aromatic heterocycles. The predicted octanol–water partition coefficient (Wildman–Crippen LogP) is -0.387. The molecule has 0 heterocycles. The Bertz CT molecular complexity index is 56.9. The second kappa shape index (κ2) is 10.7. The highest BCUT2D eigenvalue weighted by Gasteiger charge is 1.68. The monoisotopic (exact) mass is 151 g/mol. The van der Waals surface area contributed by atoms with E-state index in [4.69, 9.17) is 5.11 Å². The maximum atomic E-state index is 9.43. The first-order valence-corrected chi connectivity index (χ1v) is 3.15. The minimum Gasteiger partial charge on any atom is -0.396 e. The predicted molar refractivity (Wildman–Crippen MR) is 40.7 cm³/mol. The Labute approximate surface area is 61.1 Å². The molecule has 0 aliphatic carbocycles. The summed E-state index contributed by atoms with van der Waals surface area (Å²) >= 11 is 3.67. The van der Waals surface area contributed by atoms with Gasteiger partial charge in [-0.05, 0) is 0 Å². The zero-order valence-corrected chi connectivity index (χ0v) is 6.64. The van der Waals surface area contributed by atoms with Gasteiger partial charge >= 0.3 is 0 Å². The highest BCUT2D eigenvalue weighted by molar-refractivity contribution is 7.80. The molecule has 0 unspecified atom stereocenters. The Morgan fingerprint density at radius 1 is 1.67 bits per heavy atom. The number of amides is 1. The van der Waals surface area contributed by atoms with Gasteiger partial charge in [-0.15, -0.1) is 0 Å². The van der Waals surface area contributed by atoms with E-state index in [1.807, 2.05) is 0 Å². The summed E-state index contributed by atoms with van der Waals surface area (Å²) in [4.78, 5) is 10.9. The maximum absolute atomic E-state index is 9.43. The summed E-state index contributed by atoms with van der Waals surface area (Å²) in [6.07, 6.45) is 0.750. The van der Waals surface area contributed by atoms with E-state index >= 15 is 0 Å². The van der Waals surface area contributed by atoms with Crippen LogP contribution in [0.5, 0.6) is 0 Å². The normalized spacial score (nSPS) is 7.11. The summed E-state index contributed by atoms with van der Waals surface area (Å²) in [5.74, 6) is 0.569. The molecule has 9 heavy (non-hydrogen) atoms. The van der Waals surface area contributed by atoms with E-state index in [2.05, 4.69) is 12.6 Å². The Balaban J connectivity index is 0.